The van der Waals surface area contributed by atoms with Gasteiger partial charge in [0.25, 0.3) is 0 Å². The standard InChI is InChI=1S/C15H22N2O2/c1-11(18)13-7-6-12(8-16-13)17-9-14(2,3)19-15(4,5)10-17/h6-8H,9-10H2,1-5H3. The van der Waals surface area contributed by atoms with E-state index in [0.29, 0.717) is 5.69 Å². The van der Waals surface area contributed by atoms with Gasteiger partial charge in [-0.05, 0) is 39.8 Å². The normalized spacial score (nSPS) is 21.2. The zero-order chi connectivity index (χ0) is 14.3. The summed E-state index contributed by atoms with van der Waals surface area (Å²) in [7, 11) is 0. The molecule has 1 aliphatic heterocycles. The zero-order valence-corrected chi connectivity index (χ0v) is 12.4. The lowest BCUT2D eigenvalue weighted by Gasteiger charge is -2.48. The zero-order valence-electron chi connectivity index (χ0n) is 12.4. The number of rotatable bonds is 2. The third kappa shape index (κ3) is 3.32. The average Bonchev–Trinajstić information content (AvgIpc) is 2.25. The fourth-order valence-corrected chi connectivity index (χ4v) is 2.75. The molecule has 0 radical (unpaired) electrons. The number of hydrogen-bond donors (Lipinski definition) is 0. The number of ketones is 1. The van der Waals surface area contributed by atoms with Crippen LogP contribution in [0.15, 0.2) is 18.3 Å². The Balaban J connectivity index is 2.23. The predicted molar refractivity (Wildman–Crippen MR) is 75.7 cm³/mol. The highest BCUT2D eigenvalue weighted by molar-refractivity contribution is 5.92. The lowest BCUT2D eigenvalue weighted by molar-refractivity contribution is -0.133. The van der Waals surface area contributed by atoms with Gasteiger partial charge in [-0.1, -0.05) is 0 Å². The van der Waals surface area contributed by atoms with Crippen LogP contribution in [0.4, 0.5) is 5.69 Å². The Kier molecular flexibility index (Phi) is 3.39. The molecule has 0 aromatic carbocycles. The number of hydrogen-bond acceptors (Lipinski definition) is 4. The van der Waals surface area contributed by atoms with Crippen LogP contribution in [0.5, 0.6) is 0 Å². The Morgan fingerprint density at radius 2 is 1.79 bits per heavy atom. The molecular formula is C15H22N2O2. The Morgan fingerprint density at radius 3 is 2.21 bits per heavy atom. The minimum Gasteiger partial charge on any atom is -0.366 e. The molecule has 2 rings (SSSR count). The molecule has 19 heavy (non-hydrogen) atoms. The quantitative estimate of drug-likeness (QED) is 0.768. The number of morpholine rings is 1. The highest BCUT2D eigenvalue weighted by atomic mass is 16.5. The molecule has 1 aliphatic rings. The molecule has 1 fully saturated rings. The Morgan fingerprint density at radius 1 is 1.21 bits per heavy atom. The minimum atomic E-state index is -0.193. The van der Waals surface area contributed by atoms with Crippen LogP contribution < -0.4 is 4.90 Å². The van der Waals surface area contributed by atoms with Crippen molar-refractivity contribution < 1.29 is 9.53 Å². The number of pyridine rings is 1. The van der Waals surface area contributed by atoms with Crippen molar-refractivity contribution in [1.29, 1.82) is 0 Å². The summed E-state index contributed by atoms with van der Waals surface area (Å²) in [6, 6.07) is 3.74. The summed E-state index contributed by atoms with van der Waals surface area (Å²) in [5.74, 6) is -0.00538. The van der Waals surface area contributed by atoms with Crippen molar-refractivity contribution in [1.82, 2.24) is 4.98 Å². The smallest absolute Gasteiger partial charge is 0.178 e. The first-order chi connectivity index (χ1) is 8.69. The monoisotopic (exact) mass is 262 g/mol. The topological polar surface area (TPSA) is 42.4 Å². The maximum atomic E-state index is 11.2. The maximum absolute atomic E-state index is 11.2. The molecule has 0 saturated carbocycles. The Labute approximate surface area is 114 Å². The molecule has 4 nitrogen and oxygen atoms in total. The van der Waals surface area contributed by atoms with Crippen LogP contribution >= 0.6 is 0 Å². The molecule has 2 heterocycles. The number of carbonyl (C=O) groups is 1. The number of ether oxygens (including phenoxy) is 1. The summed E-state index contributed by atoms with van der Waals surface area (Å²) >= 11 is 0. The SMILES string of the molecule is CC(=O)c1ccc(N2CC(C)(C)OC(C)(C)C2)cn1. The number of nitrogens with zero attached hydrogens (tertiary/aromatic N) is 2. The second-order valence-electron chi connectivity index (χ2n) is 6.44. The van der Waals surface area contributed by atoms with E-state index in [4.69, 9.17) is 4.74 Å². The van der Waals surface area contributed by atoms with E-state index in [1.54, 1.807) is 12.3 Å². The number of aromatic nitrogens is 1. The number of anilines is 1. The van der Waals surface area contributed by atoms with Gasteiger partial charge in [0, 0.05) is 20.0 Å². The van der Waals surface area contributed by atoms with Gasteiger partial charge in [-0.25, -0.2) is 0 Å². The van der Waals surface area contributed by atoms with E-state index in [1.807, 2.05) is 6.07 Å². The minimum absolute atomic E-state index is 0.00538. The molecule has 1 aromatic rings. The van der Waals surface area contributed by atoms with Gasteiger partial charge in [-0.15, -0.1) is 0 Å². The molecule has 0 aliphatic carbocycles. The van der Waals surface area contributed by atoms with Gasteiger partial charge in [0.15, 0.2) is 5.78 Å². The predicted octanol–water partition coefficient (Wildman–Crippen LogP) is 2.68. The maximum Gasteiger partial charge on any atom is 0.178 e. The molecule has 104 valence electrons. The fraction of sp³-hybridized carbons (Fsp3) is 0.600. The van der Waals surface area contributed by atoms with Crippen LogP contribution in [-0.4, -0.2) is 35.1 Å². The first kappa shape index (κ1) is 14.0. The van der Waals surface area contributed by atoms with Gasteiger partial charge in [0.05, 0.1) is 23.1 Å². The van der Waals surface area contributed by atoms with Crippen molar-refractivity contribution in [2.45, 2.75) is 45.8 Å². The van der Waals surface area contributed by atoms with Crippen LogP contribution in [0.1, 0.15) is 45.1 Å². The van der Waals surface area contributed by atoms with Gasteiger partial charge in [-0.2, -0.15) is 0 Å². The lowest BCUT2D eigenvalue weighted by Crippen LogP contribution is -2.57. The third-order valence-corrected chi connectivity index (χ3v) is 3.17. The first-order valence-corrected chi connectivity index (χ1v) is 6.61. The first-order valence-electron chi connectivity index (χ1n) is 6.61. The van der Waals surface area contributed by atoms with E-state index in [0.717, 1.165) is 18.8 Å². The molecule has 4 heteroatoms. The molecule has 1 saturated heterocycles. The highest BCUT2D eigenvalue weighted by Gasteiger charge is 2.38. The largest absolute Gasteiger partial charge is 0.366 e. The highest BCUT2D eigenvalue weighted by Crippen LogP contribution is 2.31. The van der Waals surface area contributed by atoms with Crippen molar-refractivity contribution in [2.24, 2.45) is 0 Å². The summed E-state index contributed by atoms with van der Waals surface area (Å²) < 4.78 is 6.06. The molecule has 1 aromatic heterocycles. The Hall–Kier alpha value is -1.42. The fourth-order valence-electron chi connectivity index (χ4n) is 2.75. The summed E-state index contributed by atoms with van der Waals surface area (Å²) in [5.41, 5.74) is 1.16. The summed E-state index contributed by atoms with van der Waals surface area (Å²) in [6.45, 7) is 11.5. The Bertz CT molecular complexity index is 461. The summed E-state index contributed by atoms with van der Waals surface area (Å²) in [6.07, 6.45) is 1.77. The molecule has 0 unspecified atom stereocenters. The van der Waals surface area contributed by atoms with E-state index in [-0.39, 0.29) is 17.0 Å². The van der Waals surface area contributed by atoms with Crippen LogP contribution in [0.25, 0.3) is 0 Å². The molecule has 0 bridgehead atoms. The molecule has 0 spiro atoms. The van der Waals surface area contributed by atoms with Crippen LogP contribution in [0.3, 0.4) is 0 Å². The van der Waals surface area contributed by atoms with Crippen LogP contribution in [0, 0.1) is 0 Å². The van der Waals surface area contributed by atoms with Crippen LogP contribution in [0.2, 0.25) is 0 Å². The summed E-state index contributed by atoms with van der Waals surface area (Å²) in [5, 5.41) is 0. The van der Waals surface area contributed by atoms with E-state index in [1.165, 1.54) is 6.92 Å². The molecule has 0 N–H and O–H groups in total. The number of Topliss-reactive ketones (excluding diaryl/α,β-unsaturated/α-hetero) is 1. The van der Waals surface area contributed by atoms with E-state index in [2.05, 4.69) is 37.6 Å². The lowest BCUT2D eigenvalue weighted by atomic mass is 9.98. The van der Waals surface area contributed by atoms with Crippen LogP contribution in [-0.2, 0) is 4.74 Å². The van der Waals surface area contributed by atoms with Gasteiger partial charge in [0.1, 0.15) is 5.69 Å². The van der Waals surface area contributed by atoms with Gasteiger partial charge >= 0.3 is 0 Å². The van der Waals surface area contributed by atoms with Gasteiger partial charge in [0.2, 0.25) is 0 Å². The van der Waals surface area contributed by atoms with E-state index in [9.17, 15) is 4.79 Å². The van der Waals surface area contributed by atoms with Gasteiger partial charge < -0.3 is 9.64 Å². The van der Waals surface area contributed by atoms with Gasteiger partial charge in [-0.3, -0.25) is 9.78 Å². The van der Waals surface area contributed by atoms with Crippen molar-refractivity contribution in [2.75, 3.05) is 18.0 Å². The van der Waals surface area contributed by atoms with Crippen molar-refractivity contribution in [3.05, 3.63) is 24.0 Å². The average molecular weight is 262 g/mol. The third-order valence-electron chi connectivity index (χ3n) is 3.17. The van der Waals surface area contributed by atoms with Crippen molar-refractivity contribution >= 4 is 11.5 Å². The van der Waals surface area contributed by atoms with E-state index >= 15 is 0 Å². The molecular weight excluding hydrogens is 240 g/mol. The van der Waals surface area contributed by atoms with E-state index < -0.39 is 0 Å². The summed E-state index contributed by atoms with van der Waals surface area (Å²) in [4.78, 5) is 17.7. The molecule has 0 atom stereocenters. The second kappa shape index (κ2) is 4.60. The van der Waals surface area contributed by atoms with Crippen molar-refractivity contribution in [3.8, 4) is 0 Å². The molecule has 0 amide bonds. The second-order valence-corrected chi connectivity index (χ2v) is 6.44. The van der Waals surface area contributed by atoms with Crippen molar-refractivity contribution in [3.63, 3.8) is 0 Å². The number of carbonyl (C=O) groups excluding carboxylic acids is 1.